The Bertz CT molecular complexity index is 805. The smallest absolute Gasteiger partial charge is 0.341 e. The number of fused-ring (bicyclic) bond motifs is 1. The quantitative estimate of drug-likeness (QED) is 0.816. The van der Waals surface area contributed by atoms with Gasteiger partial charge < -0.3 is 14.9 Å². The van der Waals surface area contributed by atoms with Crippen LogP contribution in [0, 0.1) is 0 Å². The first-order valence-electron chi connectivity index (χ1n) is 7.96. The Labute approximate surface area is 161 Å². The monoisotopic (exact) mass is 396 g/mol. The molecule has 5 nitrogen and oxygen atoms in total. The van der Waals surface area contributed by atoms with Crippen molar-refractivity contribution in [2.45, 2.75) is 19.3 Å². The van der Waals surface area contributed by atoms with Gasteiger partial charge in [0.1, 0.15) is 10.8 Å². The van der Waals surface area contributed by atoms with Crippen molar-refractivity contribution in [3.8, 4) is 5.75 Å². The molecule has 0 saturated heterocycles. The highest BCUT2D eigenvalue weighted by molar-refractivity contribution is 6.45. The summed E-state index contributed by atoms with van der Waals surface area (Å²) < 4.78 is 5.15. The first kappa shape index (κ1) is 20.2. The fourth-order valence-electron chi connectivity index (χ4n) is 2.77. The van der Waals surface area contributed by atoms with Gasteiger partial charge in [0, 0.05) is 12.2 Å². The number of hydrogen-bond donors (Lipinski definition) is 2. The van der Waals surface area contributed by atoms with Crippen molar-refractivity contribution < 1.29 is 24.5 Å². The number of carboxylic acid groups (broad SMARTS) is 1. The molecule has 3 rings (SSSR count). The van der Waals surface area contributed by atoms with Crippen LogP contribution in [0.2, 0.25) is 10.0 Å². The Morgan fingerprint density at radius 3 is 2.42 bits per heavy atom. The van der Waals surface area contributed by atoms with Crippen LogP contribution in [0.5, 0.6) is 5.75 Å². The minimum atomic E-state index is -1.11. The predicted molar refractivity (Wildman–Crippen MR) is 99.6 cm³/mol. The number of carbonyl (C=O) groups is 2. The van der Waals surface area contributed by atoms with Crippen LogP contribution in [-0.4, -0.2) is 35.2 Å². The summed E-state index contributed by atoms with van der Waals surface area (Å²) in [6, 6.07) is 11.0. The molecule has 0 saturated carbocycles. The number of ether oxygens (including phenoxy) is 1. The van der Waals surface area contributed by atoms with Crippen LogP contribution in [0.4, 0.5) is 0 Å². The van der Waals surface area contributed by atoms with E-state index in [0.717, 1.165) is 11.1 Å². The molecule has 26 heavy (non-hydrogen) atoms. The summed E-state index contributed by atoms with van der Waals surface area (Å²) in [5.41, 5.74) is 2.03. The SMILES string of the molecule is CCO.O=C(O)COc1cc2c(c(Cl)c1Cl)C(=O)C(c1ccccc1)C2. The van der Waals surface area contributed by atoms with E-state index in [0.29, 0.717) is 12.0 Å². The maximum absolute atomic E-state index is 12.7. The van der Waals surface area contributed by atoms with Crippen LogP contribution in [0.3, 0.4) is 0 Å². The molecule has 2 aromatic rings. The van der Waals surface area contributed by atoms with Gasteiger partial charge in [0.25, 0.3) is 0 Å². The van der Waals surface area contributed by atoms with E-state index in [1.165, 1.54) is 0 Å². The lowest BCUT2D eigenvalue weighted by Crippen LogP contribution is -2.10. The van der Waals surface area contributed by atoms with Gasteiger partial charge in [-0.1, -0.05) is 53.5 Å². The molecule has 2 aromatic carbocycles. The number of ketones is 1. The number of aliphatic hydroxyl groups is 1. The van der Waals surface area contributed by atoms with Crippen LogP contribution < -0.4 is 4.74 Å². The van der Waals surface area contributed by atoms with E-state index in [4.69, 9.17) is 38.2 Å². The molecule has 7 heteroatoms. The largest absolute Gasteiger partial charge is 0.480 e. The van der Waals surface area contributed by atoms with Crippen LogP contribution >= 0.6 is 23.2 Å². The number of aliphatic hydroxyl groups excluding tert-OH is 1. The lowest BCUT2D eigenvalue weighted by atomic mass is 9.95. The number of halogens is 2. The predicted octanol–water partition coefficient (Wildman–Crippen LogP) is 3.98. The van der Waals surface area contributed by atoms with E-state index in [1.807, 2.05) is 30.3 Å². The molecule has 1 atom stereocenters. The third-order valence-corrected chi connectivity index (χ3v) is 4.64. The molecule has 0 radical (unpaired) electrons. The standard InChI is InChI=1S/C17H12Cl2O4.C2H6O/c18-15-12(23-8-13(20)21)7-10-6-11(9-4-2-1-3-5-9)17(22)14(10)16(15)19;1-2-3/h1-5,7,11H,6,8H2,(H,20,21);3H,2H2,1H3. The lowest BCUT2D eigenvalue weighted by molar-refractivity contribution is -0.139. The molecule has 0 bridgehead atoms. The van der Waals surface area contributed by atoms with Crippen molar-refractivity contribution >= 4 is 35.0 Å². The van der Waals surface area contributed by atoms with Crippen molar-refractivity contribution in [3.63, 3.8) is 0 Å². The fraction of sp³-hybridized carbons (Fsp3) is 0.263. The third kappa shape index (κ3) is 4.36. The number of aliphatic carboxylic acids is 1. The molecule has 0 fully saturated rings. The topological polar surface area (TPSA) is 83.8 Å². The zero-order chi connectivity index (χ0) is 19.3. The van der Waals surface area contributed by atoms with Crippen LogP contribution in [-0.2, 0) is 11.2 Å². The second kappa shape index (κ2) is 9.03. The van der Waals surface area contributed by atoms with Gasteiger partial charge in [0.2, 0.25) is 0 Å². The van der Waals surface area contributed by atoms with Crippen molar-refractivity contribution in [1.29, 1.82) is 0 Å². The van der Waals surface area contributed by atoms with Gasteiger partial charge in [0.05, 0.1) is 10.9 Å². The van der Waals surface area contributed by atoms with E-state index >= 15 is 0 Å². The highest BCUT2D eigenvalue weighted by Crippen LogP contribution is 2.44. The number of carbonyl (C=O) groups excluding carboxylic acids is 1. The van der Waals surface area contributed by atoms with Crippen molar-refractivity contribution in [3.05, 3.63) is 63.1 Å². The summed E-state index contributed by atoms with van der Waals surface area (Å²) >= 11 is 12.3. The van der Waals surface area contributed by atoms with Gasteiger partial charge in [0.15, 0.2) is 12.4 Å². The molecular formula is C19H18Cl2O5. The first-order valence-corrected chi connectivity index (χ1v) is 8.71. The van der Waals surface area contributed by atoms with Crippen LogP contribution in [0.15, 0.2) is 36.4 Å². The molecule has 0 amide bonds. The van der Waals surface area contributed by atoms with Gasteiger partial charge in [-0.05, 0) is 30.5 Å². The Balaban J connectivity index is 0.000000758. The molecule has 0 aromatic heterocycles. The molecule has 1 unspecified atom stereocenters. The van der Waals surface area contributed by atoms with E-state index in [2.05, 4.69) is 0 Å². The maximum Gasteiger partial charge on any atom is 0.341 e. The summed E-state index contributed by atoms with van der Waals surface area (Å²) in [7, 11) is 0. The zero-order valence-electron chi connectivity index (χ0n) is 14.0. The second-order valence-electron chi connectivity index (χ2n) is 5.57. The van der Waals surface area contributed by atoms with Gasteiger partial charge in [-0.2, -0.15) is 0 Å². The van der Waals surface area contributed by atoms with Crippen molar-refractivity contribution in [2.75, 3.05) is 13.2 Å². The molecule has 1 aliphatic carbocycles. The number of carboxylic acids is 1. The fourth-order valence-corrected chi connectivity index (χ4v) is 3.28. The van der Waals surface area contributed by atoms with E-state index in [-0.39, 0.29) is 34.1 Å². The number of Topliss-reactive ketones (excluding diaryl/α,β-unsaturated/α-hetero) is 1. The summed E-state index contributed by atoms with van der Waals surface area (Å²) in [5, 5.41) is 16.5. The maximum atomic E-state index is 12.7. The van der Waals surface area contributed by atoms with E-state index in [9.17, 15) is 9.59 Å². The molecule has 0 spiro atoms. The van der Waals surface area contributed by atoms with Gasteiger partial charge in [-0.15, -0.1) is 0 Å². The Morgan fingerprint density at radius 1 is 1.23 bits per heavy atom. The minimum absolute atomic E-state index is 0.0636. The minimum Gasteiger partial charge on any atom is -0.480 e. The summed E-state index contributed by atoms with van der Waals surface area (Å²) in [6.45, 7) is 1.41. The van der Waals surface area contributed by atoms with E-state index in [1.54, 1.807) is 13.0 Å². The summed E-state index contributed by atoms with van der Waals surface area (Å²) in [6.07, 6.45) is 0.485. The first-order chi connectivity index (χ1) is 12.4. The Morgan fingerprint density at radius 2 is 1.85 bits per heavy atom. The van der Waals surface area contributed by atoms with Crippen molar-refractivity contribution in [1.82, 2.24) is 0 Å². The molecule has 138 valence electrons. The van der Waals surface area contributed by atoms with Gasteiger partial charge >= 0.3 is 5.97 Å². The average molecular weight is 397 g/mol. The molecular weight excluding hydrogens is 379 g/mol. The number of benzene rings is 2. The summed E-state index contributed by atoms with van der Waals surface area (Å²) in [5.74, 6) is -1.33. The summed E-state index contributed by atoms with van der Waals surface area (Å²) in [4.78, 5) is 23.3. The van der Waals surface area contributed by atoms with Crippen molar-refractivity contribution in [2.24, 2.45) is 0 Å². The molecule has 0 heterocycles. The average Bonchev–Trinajstić information content (AvgIpc) is 2.95. The van der Waals surface area contributed by atoms with Crippen LogP contribution in [0.1, 0.15) is 34.3 Å². The number of hydrogen-bond acceptors (Lipinski definition) is 4. The molecule has 2 N–H and O–H groups in total. The third-order valence-electron chi connectivity index (χ3n) is 3.79. The Kier molecular flexibility index (Phi) is 7.03. The second-order valence-corrected chi connectivity index (χ2v) is 6.32. The van der Waals surface area contributed by atoms with Crippen LogP contribution in [0.25, 0.3) is 0 Å². The lowest BCUT2D eigenvalue weighted by Gasteiger charge is -2.10. The Hall–Kier alpha value is -2.08. The molecule has 0 aliphatic heterocycles. The van der Waals surface area contributed by atoms with Gasteiger partial charge in [-0.25, -0.2) is 4.79 Å². The van der Waals surface area contributed by atoms with Gasteiger partial charge in [-0.3, -0.25) is 4.79 Å². The van der Waals surface area contributed by atoms with E-state index < -0.39 is 12.6 Å². The highest BCUT2D eigenvalue weighted by atomic mass is 35.5. The number of rotatable bonds is 4. The molecule has 1 aliphatic rings. The zero-order valence-corrected chi connectivity index (χ0v) is 15.5. The highest BCUT2D eigenvalue weighted by Gasteiger charge is 2.35. The normalized spacial score (nSPS) is 15.1.